The molecule has 4 aromatic heterocycles. The Balaban J connectivity index is 0.592. The quantitative estimate of drug-likeness (QED) is 0.0931. The van der Waals surface area contributed by atoms with Crippen LogP contribution in [0.3, 0.4) is 0 Å². The number of hydrogen-bond acceptors (Lipinski definition) is 14. The van der Waals surface area contributed by atoms with Crippen LogP contribution in [0.1, 0.15) is 113 Å². The lowest BCUT2D eigenvalue weighted by Crippen LogP contribution is -2.53. The van der Waals surface area contributed by atoms with E-state index in [-0.39, 0.29) is 11.8 Å². The van der Waals surface area contributed by atoms with Crippen LogP contribution in [0.25, 0.3) is 170 Å². The minimum absolute atomic E-state index is 0.154. The van der Waals surface area contributed by atoms with Crippen LogP contribution < -0.4 is 0 Å². The highest BCUT2D eigenvalue weighted by atomic mass is 15.1. The second-order valence-electron chi connectivity index (χ2n) is 34.3. The average Bonchev–Trinajstić information content (AvgIpc) is 1.45. The minimum Gasteiger partial charge on any atom is -0.228 e. The molecule has 133 heavy (non-hydrogen) atoms. The topological polar surface area (TPSA) is 224 Å². The lowest BCUT2D eigenvalue weighted by Gasteiger charge is -2.59. The highest BCUT2D eigenvalue weighted by molar-refractivity contribution is 5.92. The second-order valence-corrected chi connectivity index (χ2v) is 34.3. The molecule has 4 heterocycles. The van der Waals surface area contributed by atoms with Crippen molar-refractivity contribution in [2.75, 3.05) is 0 Å². The lowest BCUT2D eigenvalue weighted by atomic mass is 9.42. The molecule has 14 heteroatoms. The van der Waals surface area contributed by atoms with E-state index in [4.69, 9.17) is 49.8 Å². The summed E-state index contributed by atoms with van der Waals surface area (Å²) >= 11 is 0. The van der Waals surface area contributed by atoms with Gasteiger partial charge in [0.1, 0.15) is 0 Å². The Kier molecular flexibility index (Phi) is 18.0. The van der Waals surface area contributed by atoms with Crippen molar-refractivity contribution in [2.45, 2.75) is 29.1 Å². The number of fused-ring (bicyclic) bond motifs is 7. The fourth-order valence-electron chi connectivity index (χ4n) is 21.5. The third-order valence-electron chi connectivity index (χ3n) is 27.3. The van der Waals surface area contributed by atoms with Crippen molar-refractivity contribution in [1.82, 2.24) is 49.8 Å². The van der Waals surface area contributed by atoms with Gasteiger partial charge < -0.3 is 0 Å². The highest BCUT2D eigenvalue weighted by Crippen LogP contribution is 2.78. The van der Waals surface area contributed by atoms with Crippen LogP contribution >= 0.6 is 0 Å². The first-order chi connectivity index (χ1) is 65.7. The van der Waals surface area contributed by atoms with Gasteiger partial charge >= 0.3 is 0 Å². The molecule has 614 valence electrons. The van der Waals surface area contributed by atoms with Crippen LogP contribution in [0.4, 0.5) is 0 Å². The lowest BCUT2D eigenvalue weighted by molar-refractivity contribution is 0.332. The molecule has 14 nitrogen and oxygen atoms in total. The summed E-state index contributed by atoms with van der Waals surface area (Å²) in [7, 11) is 0. The van der Waals surface area contributed by atoms with Crippen molar-refractivity contribution in [2.24, 2.45) is 0 Å². The molecule has 0 amide bonds. The maximum atomic E-state index is 11.2. The first kappa shape index (κ1) is 77.0. The summed E-state index contributed by atoms with van der Waals surface area (Å²) in [6.07, 6.45) is 0. The van der Waals surface area contributed by atoms with Gasteiger partial charge in [0.15, 0.2) is 46.6 Å². The van der Waals surface area contributed by atoms with Crippen molar-refractivity contribution < 1.29 is 0 Å². The number of nitriles is 4. The van der Waals surface area contributed by atoms with Crippen molar-refractivity contribution in [3.8, 4) is 194 Å². The van der Waals surface area contributed by atoms with E-state index in [1.807, 2.05) is 182 Å². The van der Waals surface area contributed by atoms with Crippen LogP contribution in [-0.2, 0) is 5.41 Å². The summed E-state index contributed by atoms with van der Waals surface area (Å²) in [5.74, 6) is 2.36. The fraction of sp³-hybridized carbons (Fsp3) is 0.0420. The van der Waals surface area contributed by atoms with Crippen LogP contribution in [-0.4, -0.2) is 49.8 Å². The molecule has 0 aliphatic heterocycles. The maximum Gasteiger partial charge on any atom is 0.164 e. The van der Waals surface area contributed by atoms with Gasteiger partial charge in [0.2, 0.25) is 0 Å². The Morgan fingerprint density at radius 1 is 0.180 bits per heavy atom. The molecule has 20 aromatic rings. The number of rotatable bonds is 15. The summed E-state index contributed by atoms with van der Waals surface area (Å²) in [5.41, 5.74) is 32.5. The molecule has 0 N–H and O–H groups in total. The summed E-state index contributed by atoms with van der Waals surface area (Å²) in [5, 5.41) is 44.1. The zero-order chi connectivity index (χ0) is 88.5. The normalized spacial score (nSPS) is 15.5. The third-order valence-corrected chi connectivity index (χ3v) is 27.3. The van der Waals surface area contributed by atoms with Crippen LogP contribution in [0.2, 0.25) is 0 Å². The number of nitrogens with zero attached hydrogens (tertiary/aromatic N) is 14. The predicted molar refractivity (Wildman–Crippen MR) is 517 cm³/mol. The van der Waals surface area contributed by atoms with Crippen LogP contribution in [0, 0.1) is 45.3 Å². The van der Waals surface area contributed by atoms with Gasteiger partial charge in [-0.2, -0.15) is 21.0 Å². The Hall–Kier alpha value is -18.3. The molecule has 6 aliphatic carbocycles. The molecule has 0 saturated heterocycles. The van der Waals surface area contributed by atoms with Crippen LogP contribution in [0.5, 0.6) is 0 Å². The Morgan fingerprint density at radius 3 is 0.895 bits per heavy atom. The standard InChI is InChI=1S/C119H68N14/c120-65-83-38-21-43-88-101(83)105-87-42-20-39-84(66-121)102(87)106(88)108-91(59-58-90(107(105)108)115-130-111(77-32-15-5-16-33-77)128-113(132-115)79-54-50-70(51-55-79)69-24-7-1-8-25-69)116-131-112(78-34-17-6-18-35-78)129-114(133-116)80-56-52-72(53-57-80)71-46-48-73(49-47-71)81-36-19-37-82(60-81)100-64-99(76-30-13-4-14-31-76)124-117(127-100)92-61-94-96(62-93(92)118-125-97(74-26-9-2-10-27-74)63-98(126-118)75-28-11-3-12-29-75)119-95-45-23-41-86(68-123)104(95)109(119)89-44-22-40-85(67-122)103(89)110(94)119/h1-64,105-106,109-110H. The summed E-state index contributed by atoms with van der Waals surface area (Å²) in [6, 6.07) is 142. The van der Waals surface area contributed by atoms with E-state index >= 15 is 0 Å². The minimum atomic E-state index is -0.557. The molecule has 0 saturated carbocycles. The van der Waals surface area contributed by atoms with Gasteiger partial charge in [0.05, 0.1) is 69.3 Å². The monoisotopic (exact) mass is 1690 g/mol. The van der Waals surface area contributed by atoms with Crippen molar-refractivity contribution in [3.05, 3.63) is 477 Å². The van der Waals surface area contributed by atoms with E-state index in [0.29, 0.717) is 74.5 Å². The first-order valence-electron chi connectivity index (χ1n) is 44.3. The summed E-state index contributed by atoms with van der Waals surface area (Å²) in [4.78, 5) is 54.6. The average molecular weight is 1690 g/mol. The number of benzene rings is 16. The van der Waals surface area contributed by atoms with E-state index in [0.717, 1.165) is 184 Å². The van der Waals surface area contributed by atoms with Crippen molar-refractivity contribution in [1.29, 1.82) is 21.0 Å². The molecule has 16 aromatic carbocycles. The fourth-order valence-corrected chi connectivity index (χ4v) is 21.5. The first-order valence-corrected chi connectivity index (χ1v) is 44.3. The van der Waals surface area contributed by atoms with Gasteiger partial charge in [-0.05, 0) is 155 Å². The highest BCUT2D eigenvalue weighted by Gasteiger charge is 2.71. The molecule has 26 rings (SSSR count). The zero-order valence-corrected chi connectivity index (χ0v) is 71.0. The van der Waals surface area contributed by atoms with Gasteiger partial charge in [-0.3, -0.25) is 0 Å². The van der Waals surface area contributed by atoms with Gasteiger partial charge in [0.25, 0.3) is 0 Å². The second kappa shape index (κ2) is 31.0. The van der Waals surface area contributed by atoms with E-state index in [1.165, 1.54) is 0 Å². The molecule has 5 unspecified atom stereocenters. The molecule has 0 radical (unpaired) electrons. The third kappa shape index (κ3) is 12.4. The Bertz CT molecular complexity index is 8360. The van der Waals surface area contributed by atoms with E-state index in [1.54, 1.807) is 0 Å². The maximum absolute atomic E-state index is 11.2. The summed E-state index contributed by atoms with van der Waals surface area (Å²) in [6.45, 7) is 0. The van der Waals surface area contributed by atoms with Gasteiger partial charge in [-0.25, -0.2) is 49.8 Å². The molecule has 5 atom stereocenters. The smallest absolute Gasteiger partial charge is 0.164 e. The number of hydrogen-bond donors (Lipinski definition) is 0. The molecule has 1 spiro atoms. The SMILES string of the molecule is N#Cc1cccc2c1C1c3cccc(C#N)c3C2c2c(-c3nc(-c4ccccc4)nc(-c4ccc(-c5ccc(-c6cccc(-c7cc(-c8ccccc8)nc(-c8cc9c(cc8-c8nc(-c%10ccccc%10)cc(-c%10ccccc%10)n8)C8%10c%11cccc(C#N)c%11C8c8cccc(C#N)c8C9%10)n7)c6)cc5)cc4)n3)ccc(-c3nc(-c4ccccc4)nc(-c4ccc(-c5ccccc5)cc4)n3)c21. The molecule has 0 fully saturated rings. The molecular formula is C119H68N14. The largest absolute Gasteiger partial charge is 0.228 e. The van der Waals surface area contributed by atoms with Gasteiger partial charge in [-0.1, -0.05) is 334 Å². The molecule has 6 aliphatic rings. The van der Waals surface area contributed by atoms with Crippen molar-refractivity contribution in [3.63, 3.8) is 0 Å². The number of aromatic nitrogens is 10. The van der Waals surface area contributed by atoms with E-state index in [9.17, 15) is 21.0 Å². The van der Waals surface area contributed by atoms with E-state index < -0.39 is 17.3 Å². The molecule has 2 bridgehead atoms. The zero-order valence-electron chi connectivity index (χ0n) is 71.0. The van der Waals surface area contributed by atoms with Crippen LogP contribution in [0.15, 0.2) is 388 Å². The molecular weight excluding hydrogens is 1630 g/mol. The summed E-state index contributed by atoms with van der Waals surface area (Å²) < 4.78 is 0. The van der Waals surface area contributed by atoms with Gasteiger partial charge in [-0.15, -0.1) is 0 Å². The Morgan fingerprint density at radius 2 is 0.474 bits per heavy atom. The predicted octanol–water partition coefficient (Wildman–Crippen LogP) is 26.0. The van der Waals surface area contributed by atoms with Gasteiger partial charge in [0, 0.05) is 95.8 Å². The Labute approximate surface area is 766 Å². The van der Waals surface area contributed by atoms with E-state index in [2.05, 4.69) is 231 Å². The van der Waals surface area contributed by atoms with Crippen molar-refractivity contribution >= 4 is 0 Å².